The second-order valence-electron chi connectivity index (χ2n) is 6.95. The van der Waals surface area contributed by atoms with Crippen molar-refractivity contribution in [1.82, 2.24) is 9.80 Å². The lowest BCUT2D eigenvalue weighted by Crippen LogP contribution is -2.39. The van der Waals surface area contributed by atoms with Gasteiger partial charge in [-0.25, -0.2) is 0 Å². The van der Waals surface area contributed by atoms with Gasteiger partial charge >= 0.3 is 0 Å². The Morgan fingerprint density at radius 3 is 2.53 bits per heavy atom. The van der Waals surface area contributed by atoms with Crippen molar-refractivity contribution in [3.8, 4) is 5.75 Å². The Bertz CT molecular complexity index is 915. The molecule has 7 heteroatoms. The highest BCUT2D eigenvalue weighted by Crippen LogP contribution is 2.22. The number of hydrogen-bond acceptors (Lipinski definition) is 4. The zero-order valence-electron chi connectivity index (χ0n) is 16.9. The van der Waals surface area contributed by atoms with Gasteiger partial charge in [-0.2, -0.15) is 0 Å². The standard InChI is InChI=1S/C23H25N3O3S/c1-3-14-26-22(28)20(16-21(27)24-18-9-11-19(29-2)12-10-18)25(23(26)30)15-13-17-7-5-4-6-8-17/h3-12,20H,1,13-16H2,2H3,(H,24,27)/t20-/m1/s1. The summed E-state index contributed by atoms with van der Waals surface area (Å²) >= 11 is 5.54. The van der Waals surface area contributed by atoms with Crippen LogP contribution in [0.4, 0.5) is 5.69 Å². The first-order valence-corrected chi connectivity index (χ1v) is 10.1. The molecule has 0 bridgehead atoms. The lowest BCUT2D eigenvalue weighted by molar-refractivity contribution is -0.130. The van der Waals surface area contributed by atoms with E-state index in [0.717, 1.165) is 12.0 Å². The van der Waals surface area contributed by atoms with Gasteiger partial charge in [-0.3, -0.25) is 14.5 Å². The molecular weight excluding hydrogens is 398 g/mol. The van der Waals surface area contributed by atoms with E-state index in [-0.39, 0.29) is 18.2 Å². The minimum absolute atomic E-state index is 0.0213. The third kappa shape index (κ3) is 5.04. The van der Waals surface area contributed by atoms with Crippen LogP contribution in [-0.4, -0.2) is 53.0 Å². The molecule has 0 saturated carbocycles. The molecular formula is C23H25N3O3S. The smallest absolute Gasteiger partial charge is 0.252 e. The molecule has 1 atom stereocenters. The van der Waals surface area contributed by atoms with Crippen LogP contribution < -0.4 is 10.1 Å². The molecule has 2 aromatic rings. The van der Waals surface area contributed by atoms with Gasteiger partial charge in [-0.05, 0) is 48.5 Å². The Kier molecular flexibility index (Phi) is 7.19. The van der Waals surface area contributed by atoms with Crippen LogP contribution in [0.1, 0.15) is 12.0 Å². The van der Waals surface area contributed by atoms with Gasteiger partial charge in [0.05, 0.1) is 13.5 Å². The van der Waals surface area contributed by atoms with Crippen LogP contribution in [0.5, 0.6) is 5.75 Å². The van der Waals surface area contributed by atoms with Crippen molar-refractivity contribution in [1.29, 1.82) is 0 Å². The number of ether oxygens (including phenoxy) is 1. The summed E-state index contributed by atoms with van der Waals surface area (Å²) in [5.74, 6) is 0.292. The number of nitrogens with one attached hydrogen (secondary N) is 1. The second-order valence-corrected chi connectivity index (χ2v) is 7.31. The average molecular weight is 424 g/mol. The van der Waals surface area contributed by atoms with Crippen molar-refractivity contribution in [2.75, 3.05) is 25.5 Å². The van der Waals surface area contributed by atoms with Gasteiger partial charge in [0.1, 0.15) is 11.8 Å². The molecule has 1 saturated heterocycles. The number of methoxy groups -OCH3 is 1. The molecule has 1 heterocycles. The molecule has 1 N–H and O–H groups in total. The molecule has 1 aliphatic rings. The summed E-state index contributed by atoms with van der Waals surface area (Å²) in [6, 6.07) is 16.4. The number of thiocarbonyl (C=S) groups is 1. The first kappa shape index (κ1) is 21.5. The van der Waals surface area contributed by atoms with Gasteiger partial charge < -0.3 is 15.0 Å². The fourth-order valence-electron chi connectivity index (χ4n) is 3.40. The van der Waals surface area contributed by atoms with Crippen molar-refractivity contribution >= 4 is 34.8 Å². The monoisotopic (exact) mass is 423 g/mol. The number of rotatable bonds is 9. The van der Waals surface area contributed by atoms with Gasteiger partial charge in [-0.15, -0.1) is 6.58 Å². The van der Waals surface area contributed by atoms with Gasteiger partial charge in [0.15, 0.2) is 5.11 Å². The molecule has 2 aromatic carbocycles. The number of hydrogen-bond donors (Lipinski definition) is 1. The third-order valence-corrected chi connectivity index (χ3v) is 5.41. The summed E-state index contributed by atoms with van der Waals surface area (Å²) in [5.41, 5.74) is 1.80. The van der Waals surface area contributed by atoms with Gasteiger partial charge in [-0.1, -0.05) is 36.4 Å². The fraction of sp³-hybridized carbons (Fsp3) is 0.261. The molecule has 2 amide bonds. The molecule has 6 nitrogen and oxygen atoms in total. The number of nitrogens with zero attached hydrogens (tertiary/aromatic N) is 2. The van der Waals surface area contributed by atoms with Crippen molar-refractivity contribution in [3.63, 3.8) is 0 Å². The van der Waals surface area contributed by atoms with E-state index in [1.807, 2.05) is 35.2 Å². The molecule has 30 heavy (non-hydrogen) atoms. The van der Waals surface area contributed by atoms with E-state index in [9.17, 15) is 9.59 Å². The van der Waals surface area contributed by atoms with Gasteiger partial charge in [0.2, 0.25) is 5.91 Å². The van der Waals surface area contributed by atoms with Crippen molar-refractivity contribution in [2.45, 2.75) is 18.9 Å². The Hall–Kier alpha value is -3.19. The molecule has 1 aliphatic heterocycles. The van der Waals surface area contributed by atoms with Crippen LogP contribution in [0.3, 0.4) is 0 Å². The van der Waals surface area contributed by atoms with Crippen molar-refractivity contribution in [2.24, 2.45) is 0 Å². The highest BCUT2D eigenvalue weighted by molar-refractivity contribution is 7.80. The number of anilines is 1. The first-order valence-electron chi connectivity index (χ1n) is 9.74. The Morgan fingerprint density at radius 1 is 1.20 bits per heavy atom. The summed E-state index contributed by atoms with van der Waals surface area (Å²) in [6.07, 6.45) is 2.39. The summed E-state index contributed by atoms with van der Waals surface area (Å²) in [6.45, 7) is 4.59. The van der Waals surface area contributed by atoms with Gasteiger partial charge in [0, 0.05) is 18.8 Å². The van der Waals surface area contributed by atoms with Crippen LogP contribution in [0.25, 0.3) is 0 Å². The van der Waals surface area contributed by atoms with E-state index < -0.39 is 6.04 Å². The molecule has 0 aromatic heterocycles. The van der Waals surface area contributed by atoms with Crippen LogP contribution in [0.15, 0.2) is 67.3 Å². The summed E-state index contributed by atoms with van der Waals surface area (Å²) in [7, 11) is 1.58. The van der Waals surface area contributed by atoms with E-state index in [1.54, 1.807) is 37.5 Å². The van der Waals surface area contributed by atoms with Crippen LogP contribution in [-0.2, 0) is 16.0 Å². The fourth-order valence-corrected chi connectivity index (χ4v) is 3.78. The van der Waals surface area contributed by atoms with Gasteiger partial charge in [0.25, 0.3) is 5.91 Å². The Morgan fingerprint density at radius 2 is 1.90 bits per heavy atom. The molecule has 3 rings (SSSR count). The van der Waals surface area contributed by atoms with Crippen molar-refractivity contribution in [3.05, 3.63) is 72.8 Å². The van der Waals surface area contributed by atoms with Crippen LogP contribution >= 0.6 is 12.2 Å². The third-order valence-electron chi connectivity index (χ3n) is 4.95. The summed E-state index contributed by atoms with van der Waals surface area (Å²) in [5, 5.41) is 3.28. The molecule has 0 spiro atoms. The molecule has 156 valence electrons. The van der Waals surface area contributed by atoms with E-state index in [1.165, 1.54) is 4.90 Å². The average Bonchev–Trinajstić information content (AvgIpc) is 2.97. The van der Waals surface area contributed by atoms with E-state index in [0.29, 0.717) is 29.6 Å². The topological polar surface area (TPSA) is 61.9 Å². The number of carbonyl (C=O) groups is 2. The minimum Gasteiger partial charge on any atom is -0.497 e. The maximum absolute atomic E-state index is 13.0. The Balaban J connectivity index is 1.70. The largest absolute Gasteiger partial charge is 0.497 e. The minimum atomic E-state index is -0.626. The molecule has 0 unspecified atom stereocenters. The summed E-state index contributed by atoms with van der Waals surface area (Å²) in [4.78, 5) is 29.0. The van der Waals surface area contributed by atoms with E-state index in [4.69, 9.17) is 17.0 Å². The predicted molar refractivity (Wildman–Crippen MR) is 121 cm³/mol. The van der Waals surface area contributed by atoms with Crippen molar-refractivity contribution < 1.29 is 14.3 Å². The number of benzene rings is 2. The lowest BCUT2D eigenvalue weighted by Gasteiger charge is -2.23. The first-order chi connectivity index (χ1) is 14.5. The quantitative estimate of drug-likeness (QED) is 0.496. The summed E-state index contributed by atoms with van der Waals surface area (Å²) < 4.78 is 5.13. The maximum atomic E-state index is 13.0. The molecule has 0 radical (unpaired) electrons. The zero-order valence-corrected chi connectivity index (χ0v) is 17.7. The van der Waals surface area contributed by atoms with E-state index >= 15 is 0 Å². The predicted octanol–water partition coefficient (Wildman–Crippen LogP) is 3.25. The normalized spacial score (nSPS) is 16.0. The van der Waals surface area contributed by atoms with E-state index in [2.05, 4.69) is 11.9 Å². The maximum Gasteiger partial charge on any atom is 0.252 e. The lowest BCUT2D eigenvalue weighted by atomic mass is 10.1. The highest BCUT2D eigenvalue weighted by Gasteiger charge is 2.42. The molecule has 1 fully saturated rings. The number of carbonyl (C=O) groups excluding carboxylic acids is 2. The molecule has 0 aliphatic carbocycles. The zero-order chi connectivity index (χ0) is 21.5. The highest BCUT2D eigenvalue weighted by atomic mass is 32.1. The Labute approximate surface area is 182 Å². The SMILES string of the molecule is C=CCN1C(=O)[C@@H](CC(=O)Nc2ccc(OC)cc2)N(CCc2ccccc2)C1=S. The van der Waals surface area contributed by atoms with Crippen LogP contribution in [0.2, 0.25) is 0 Å². The van der Waals surface area contributed by atoms with Crippen LogP contribution in [0, 0.1) is 0 Å². The second kappa shape index (κ2) is 10.0. The number of amides is 2.